The third-order valence-electron chi connectivity index (χ3n) is 10.6. The van der Waals surface area contributed by atoms with Crippen molar-refractivity contribution in [3.05, 3.63) is 54.1 Å². The van der Waals surface area contributed by atoms with E-state index in [9.17, 15) is 0 Å². The number of nitrogens with zero attached hydrogens (tertiary/aromatic N) is 2. The molecule has 2 aromatic rings. The molecule has 0 spiro atoms. The number of unbranched alkanes of at least 4 members (excludes halogenated alkanes) is 25. The summed E-state index contributed by atoms with van der Waals surface area (Å²) in [6, 6.07) is 9.81. The van der Waals surface area contributed by atoms with Crippen LogP contribution in [0.25, 0.3) is 0 Å². The highest BCUT2D eigenvalue weighted by Gasteiger charge is 2.20. The Hall–Kier alpha value is -1.57. The van der Waals surface area contributed by atoms with E-state index in [-0.39, 0.29) is 0 Å². The fraction of sp³-hybridized carbons (Fsp3) is 0.795. The van der Waals surface area contributed by atoms with Crippen molar-refractivity contribution in [3.8, 4) is 0 Å². The smallest absolute Gasteiger partial charge is 0.0951 e. The summed E-state index contributed by atoms with van der Waals surface area (Å²) in [5.41, 5.74) is 3.16. The largest absolute Gasteiger partial charge is 0.330 e. The minimum atomic E-state index is 0.393. The van der Waals surface area contributed by atoms with Gasteiger partial charge < -0.3 is 4.57 Å². The van der Waals surface area contributed by atoms with Gasteiger partial charge in [0.2, 0.25) is 0 Å². The van der Waals surface area contributed by atoms with Crippen molar-refractivity contribution in [1.82, 2.24) is 9.55 Å². The van der Waals surface area contributed by atoms with E-state index >= 15 is 0 Å². The van der Waals surface area contributed by atoms with Gasteiger partial charge in [0.25, 0.3) is 0 Å². The molecule has 264 valence electrons. The average molecular weight is 635 g/mol. The molecule has 0 fully saturated rings. The zero-order valence-electron chi connectivity index (χ0n) is 31.3. The van der Waals surface area contributed by atoms with Gasteiger partial charge in [-0.2, -0.15) is 0 Å². The molecule has 2 atom stereocenters. The number of aromatic nitrogens is 2. The highest BCUT2D eigenvalue weighted by molar-refractivity contribution is 5.33. The lowest BCUT2D eigenvalue weighted by Crippen LogP contribution is -2.13. The Morgan fingerprint density at radius 3 is 1.20 bits per heavy atom. The van der Waals surface area contributed by atoms with Crippen LogP contribution in [0, 0.1) is 0 Å². The van der Waals surface area contributed by atoms with E-state index in [2.05, 4.69) is 60.8 Å². The van der Waals surface area contributed by atoms with E-state index in [0.29, 0.717) is 12.0 Å². The van der Waals surface area contributed by atoms with Crippen LogP contribution < -0.4 is 0 Å². The predicted molar refractivity (Wildman–Crippen MR) is 205 cm³/mol. The molecular formula is C44H78N2. The van der Waals surface area contributed by atoms with Crippen molar-refractivity contribution in [2.45, 2.75) is 225 Å². The first kappa shape index (κ1) is 40.6. The molecule has 0 bridgehead atoms. The summed E-state index contributed by atoms with van der Waals surface area (Å²) < 4.78 is 2.33. The first-order chi connectivity index (χ1) is 22.8. The van der Waals surface area contributed by atoms with Crippen molar-refractivity contribution < 1.29 is 0 Å². The number of hydrogen-bond donors (Lipinski definition) is 0. The molecule has 1 heterocycles. The SMILES string of the molecule is CCCCCCCCCCCCCCCCCC(CCCCCCCCCCCCCC)c1ccccc1C(CC)n1ccnc1. The van der Waals surface area contributed by atoms with Gasteiger partial charge in [-0.25, -0.2) is 4.98 Å². The van der Waals surface area contributed by atoms with Crippen molar-refractivity contribution in [1.29, 1.82) is 0 Å². The first-order valence-electron chi connectivity index (χ1n) is 20.9. The zero-order chi connectivity index (χ0) is 32.8. The van der Waals surface area contributed by atoms with Crippen LogP contribution in [0.2, 0.25) is 0 Å². The van der Waals surface area contributed by atoms with Crippen LogP contribution in [0.4, 0.5) is 0 Å². The van der Waals surface area contributed by atoms with E-state index in [4.69, 9.17) is 0 Å². The number of rotatable bonds is 33. The van der Waals surface area contributed by atoms with Gasteiger partial charge in [0.1, 0.15) is 0 Å². The van der Waals surface area contributed by atoms with Gasteiger partial charge >= 0.3 is 0 Å². The Kier molecular flexibility index (Phi) is 26.1. The quantitative estimate of drug-likeness (QED) is 0.0714. The molecule has 2 heteroatoms. The van der Waals surface area contributed by atoms with Gasteiger partial charge in [-0.3, -0.25) is 0 Å². The molecule has 0 N–H and O–H groups in total. The van der Waals surface area contributed by atoms with E-state index in [1.165, 1.54) is 192 Å². The summed E-state index contributed by atoms with van der Waals surface area (Å²) in [5, 5.41) is 0. The highest BCUT2D eigenvalue weighted by atomic mass is 15.0. The zero-order valence-corrected chi connectivity index (χ0v) is 31.3. The van der Waals surface area contributed by atoms with Gasteiger partial charge in [0.15, 0.2) is 0 Å². The molecule has 0 aliphatic rings. The maximum absolute atomic E-state index is 4.39. The van der Waals surface area contributed by atoms with Gasteiger partial charge in [-0.05, 0) is 36.3 Å². The van der Waals surface area contributed by atoms with Crippen LogP contribution in [0.15, 0.2) is 43.0 Å². The van der Waals surface area contributed by atoms with Crippen LogP contribution >= 0.6 is 0 Å². The molecule has 2 rings (SSSR count). The van der Waals surface area contributed by atoms with E-state index in [1.54, 1.807) is 5.56 Å². The predicted octanol–water partition coefficient (Wildman–Crippen LogP) is 15.3. The molecule has 0 amide bonds. The molecular weight excluding hydrogens is 556 g/mol. The molecule has 46 heavy (non-hydrogen) atoms. The van der Waals surface area contributed by atoms with E-state index in [0.717, 1.165) is 6.42 Å². The Labute approximate surface area is 288 Å². The molecule has 0 aliphatic heterocycles. The number of benzene rings is 1. The van der Waals surface area contributed by atoms with Crippen molar-refractivity contribution in [3.63, 3.8) is 0 Å². The Morgan fingerprint density at radius 1 is 0.478 bits per heavy atom. The fourth-order valence-corrected chi connectivity index (χ4v) is 7.68. The standard InChI is InChI=1S/C44H78N2/c1-4-7-9-11-13-15-17-19-20-21-23-25-27-29-31-35-41(34-30-28-26-24-22-18-16-14-12-10-8-5-2)42-36-32-33-37-43(42)44(6-3)46-39-38-45-40-46/h32-33,36-41,44H,4-31,34-35H2,1-3H3. The number of imidazole rings is 1. The minimum Gasteiger partial charge on any atom is -0.330 e. The van der Waals surface area contributed by atoms with Gasteiger partial charge in [-0.1, -0.05) is 218 Å². The topological polar surface area (TPSA) is 17.8 Å². The highest BCUT2D eigenvalue weighted by Crippen LogP contribution is 2.36. The lowest BCUT2D eigenvalue weighted by molar-refractivity contribution is 0.471. The molecule has 0 aliphatic carbocycles. The minimum absolute atomic E-state index is 0.393. The van der Waals surface area contributed by atoms with Crippen molar-refractivity contribution in [2.24, 2.45) is 0 Å². The summed E-state index contributed by atoms with van der Waals surface area (Å²) in [7, 11) is 0. The molecule has 0 saturated carbocycles. The fourth-order valence-electron chi connectivity index (χ4n) is 7.68. The summed E-state index contributed by atoms with van der Waals surface area (Å²) in [6.45, 7) is 6.95. The second-order valence-electron chi connectivity index (χ2n) is 14.7. The Balaban J connectivity index is 1.72. The second kappa shape index (κ2) is 29.6. The monoisotopic (exact) mass is 635 g/mol. The summed E-state index contributed by atoms with van der Waals surface area (Å²) >= 11 is 0. The molecule has 2 unspecified atom stereocenters. The van der Waals surface area contributed by atoms with E-state index in [1.807, 2.05) is 12.5 Å². The number of hydrogen-bond acceptors (Lipinski definition) is 1. The first-order valence-corrected chi connectivity index (χ1v) is 20.9. The van der Waals surface area contributed by atoms with Gasteiger partial charge in [0, 0.05) is 12.4 Å². The van der Waals surface area contributed by atoms with Gasteiger partial charge in [0.05, 0.1) is 12.4 Å². The van der Waals surface area contributed by atoms with Crippen LogP contribution in [0.3, 0.4) is 0 Å². The van der Waals surface area contributed by atoms with Crippen molar-refractivity contribution >= 4 is 0 Å². The maximum Gasteiger partial charge on any atom is 0.0951 e. The second-order valence-corrected chi connectivity index (χ2v) is 14.7. The average Bonchev–Trinajstić information content (AvgIpc) is 3.61. The van der Waals surface area contributed by atoms with Crippen LogP contribution in [-0.4, -0.2) is 9.55 Å². The Bertz CT molecular complexity index is 887. The third kappa shape index (κ3) is 19.3. The molecule has 0 radical (unpaired) electrons. The lowest BCUT2D eigenvalue weighted by Gasteiger charge is -2.26. The molecule has 1 aromatic carbocycles. The normalized spacial score (nSPS) is 12.9. The third-order valence-corrected chi connectivity index (χ3v) is 10.6. The maximum atomic E-state index is 4.39. The summed E-state index contributed by atoms with van der Waals surface area (Å²) in [6.07, 6.45) is 48.7. The van der Waals surface area contributed by atoms with Crippen molar-refractivity contribution in [2.75, 3.05) is 0 Å². The van der Waals surface area contributed by atoms with Crippen LogP contribution in [-0.2, 0) is 0 Å². The molecule has 1 aromatic heterocycles. The molecule has 2 nitrogen and oxygen atoms in total. The van der Waals surface area contributed by atoms with Gasteiger partial charge in [-0.15, -0.1) is 0 Å². The van der Waals surface area contributed by atoms with Crippen LogP contribution in [0.1, 0.15) is 236 Å². The summed E-state index contributed by atoms with van der Waals surface area (Å²) in [4.78, 5) is 4.39. The lowest BCUT2D eigenvalue weighted by atomic mass is 9.83. The van der Waals surface area contributed by atoms with Crippen LogP contribution in [0.5, 0.6) is 0 Å². The summed E-state index contributed by atoms with van der Waals surface area (Å²) in [5.74, 6) is 0.693. The molecule has 0 saturated heterocycles. The Morgan fingerprint density at radius 2 is 0.848 bits per heavy atom. The van der Waals surface area contributed by atoms with E-state index < -0.39 is 0 Å².